The summed E-state index contributed by atoms with van der Waals surface area (Å²) in [5.74, 6) is 0. The van der Waals surface area contributed by atoms with Crippen LogP contribution in [0.1, 0.15) is 32.6 Å². The van der Waals surface area contributed by atoms with E-state index in [1.807, 2.05) is 6.92 Å². The molecule has 0 bridgehead atoms. The summed E-state index contributed by atoms with van der Waals surface area (Å²) in [7, 11) is 0. The summed E-state index contributed by atoms with van der Waals surface area (Å²) in [6, 6.07) is 0.552. The maximum absolute atomic E-state index is 9.21. The Hall–Kier alpha value is -0.500. The summed E-state index contributed by atoms with van der Waals surface area (Å²) >= 11 is 0. The quantitative estimate of drug-likeness (QED) is 0.632. The van der Waals surface area contributed by atoms with Crippen molar-refractivity contribution >= 4 is 0 Å². The number of allylic oxidation sites excluding steroid dienone is 1. The van der Waals surface area contributed by atoms with Crippen LogP contribution in [-0.2, 0) is 0 Å². The molecule has 1 aliphatic carbocycles. The van der Waals surface area contributed by atoms with Crippen LogP contribution >= 0.6 is 0 Å². The highest BCUT2D eigenvalue weighted by Gasteiger charge is 2.18. The SMILES string of the molecule is C=C(C)NC1CCC(O)CC1. The molecule has 0 aromatic heterocycles. The summed E-state index contributed by atoms with van der Waals surface area (Å²) in [6.07, 6.45) is 3.97. The van der Waals surface area contributed by atoms with Gasteiger partial charge in [0.25, 0.3) is 0 Å². The molecule has 1 rings (SSSR count). The van der Waals surface area contributed by atoms with Crippen LogP contribution in [0, 0.1) is 0 Å². The van der Waals surface area contributed by atoms with Crippen molar-refractivity contribution in [2.45, 2.75) is 44.8 Å². The topological polar surface area (TPSA) is 32.3 Å². The zero-order valence-electron chi connectivity index (χ0n) is 7.14. The highest BCUT2D eigenvalue weighted by molar-refractivity contribution is 4.90. The number of aliphatic hydroxyl groups excluding tert-OH is 1. The first kappa shape index (κ1) is 8.60. The van der Waals surface area contributed by atoms with Crippen molar-refractivity contribution in [1.82, 2.24) is 5.32 Å². The fourth-order valence-electron chi connectivity index (χ4n) is 1.57. The van der Waals surface area contributed by atoms with Gasteiger partial charge in [0, 0.05) is 11.7 Å². The summed E-state index contributed by atoms with van der Waals surface area (Å²) < 4.78 is 0. The third kappa shape index (κ3) is 2.93. The molecule has 0 amide bonds. The van der Waals surface area contributed by atoms with E-state index in [0.717, 1.165) is 31.4 Å². The van der Waals surface area contributed by atoms with Crippen molar-refractivity contribution < 1.29 is 5.11 Å². The average molecular weight is 155 g/mol. The Morgan fingerprint density at radius 3 is 2.36 bits per heavy atom. The predicted octanol–water partition coefficient (Wildman–Crippen LogP) is 1.41. The maximum atomic E-state index is 9.21. The largest absolute Gasteiger partial charge is 0.393 e. The Morgan fingerprint density at radius 2 is 1.91 bits per heavy atom. The second-order valence-electron chi connectivity index (χ2n) is 3.43. The van der Waals surface area contributed by atoms with Gasteiger partial charge in [-0.2, -0.15) is 0 Å². The molecule has 11 heavy (non-hydrogen) atoms. The molecular formula is C9H17NO. The molecule has 0 saturated heterocycles. The molecule has 2 N–H and O–H groups in total. The molecule has 2 nitrogen and oxygen atoms in total. The van der Waals surface area contributed by atoms with Crippen LogP contribution in [0.3, 0.4) is 0 Å². The highest BCUT2D eigenvalue weighted by atomic mass is 16.3. The average Bonchev–Trinajstić information content (AvgIpc) is 1.93. The van der Waals surface area contributed by atoms with Crippen LogP contribution in [-0.4, -0.2) is 17.3 Å². The number of aliphatic hydroxyl groups is 1. The molecule has 1 aliphatic rings. The fourth-order valence-corrected chi connectivity index (χ4v) is 1.57. The van der Waals surface area contributed by atoms with Gasteiger partial charge < -0.3 is 10.4 Å². The van der Waals surface area contributed by atoms with Crippen molar-refractivity contribution in [2.24, 2.45) is 0 Å². The smallest absolute Gasteiger partial charge is 0.0541 e. The van der Waals surface area contributed by atoms with E-state index in [-0.39, 0.29) is 6.10 Å². The number of rotatable bonds is 2. The molecule has 0 atom stereocenters. The van der Waals surface area contributed by atoms with E-state index >= 15 is 0 Å². The molecule has 0 aromatic rings. The van der Waals surface area contributed by atoms with Gasteiger partial charge >= 0.3 is 0 Å². The molecule has 0 spiro atoms. The van der Waals surface area contributed by atoms with E-state index in [0.29, 0.717) is 6.04 Å². The minimum Gasteiger partial charge on any atom is -0.393 e. The van der Waals surface area contributed by atoms with Gasteiger partial charge in [-0.15, -0.1) is 0 Å². The third-order valence-electron chi connectivity index (χ3n) is 2.15. The second-order valence-corrected chi connectivity index (χ2v) is 3.43. The van der Waals surface area contributed by atoms with Gasteiger partial charge in [-0.05, 0) is 32.6 Å². The molecular weight excluding hydrogens is 138 g/mol. The van der Waals surface area contributed by atoms with Gasteiger partial charge in [-0.3, -0.25) is 0 Å². The summed E-state index contributed by atoms with van der Waals surface area (Å²) in [5, 5.41) is 12.5. The molecule has 2 heteroatoms. The minimum absolute atomic E-state index is 0.0572. The van der Waals surface area contributed by atoms with Crippen molar-refractivity contribution in [2.75, 3.05) is 0 Å². The summed E-state index contributed by atoms with van der Waals surface area (Å²) in [5.41, 5.74) is 1.03. The second kappa shape index (κ2) is 3.77. The van der Waals surface area contributed by atoms with E-state index in [2.05, 4.69) is 11.9 Å². The van der Waals surface area contributed by atoms with Gasteiger partial charge in [0.05, 0.1) is 6.10 Å². The molecule has 0 heterocycles. The lowest BCUT2D eigenvalue weighted by molar-refractivity contribution is 0.118. The monoisotopic (exact) mass is 155 g/mol. The molecule has 0 aliphatic heterocycles. The van der Waals surface area contributed by atoms with E-state index in [9.17, 15) is 5.11 Å². The van der Waals surface area contributed by atoms with Gasteiger partial charge in [0.1, 0.15) is 0 Å². The van der Waals surface area contributed by atoms with Crippen LogP contribution in [0.15, 0.2) is 12.3 Å². The van der Waals surface area contributed by atoms with Crippen molar-refractivity contribution in [3.05, 3.63) is 12.3 Å². The van der Waals surface area contributed by atoms with Crippen molar-refractivity contribution in [3.63, 3.8) is 0 Å². The summed E-state index contributed by atoms with van der Waals surface area (Å²) in [6.45, 7) is 5.77. The van der Waals surface area contributed by atoms with Gasteiger partial charge in [0.15, 0.2) is 0 Å². The van der Waals surface area contributed by atoms with E-state index < -0.39 is 0 Å². The zero-order chi connectivity index (χ0) is 8.27. The first-order valence-corrected chi connectivity index (χ1v) is 4.28. The van der Waals surface area contributed by atoms with Crippen LogP contribution in [0.2, 0.25) is 0 Å². The van der Waals surface area contributed by atoms with Crippen molar-refractivity contribution in [3.8, 4) is 0 Å². The Labute approximate surface area is 68.3 Å². The van der Waals surface area contributed by atoms with Gasteiger partial charge in [-0.1, -0.05) is 6.58 Å². The predicted molar refractivity (Wildman–Crippen MR) is 46.2 cm³/mol. The van der Waals surface area contributed by atoms with Crippen LogP contribution in [0.25, 0.3) is 0 Å². The Balaban J connectivity index is 2.22. The summed E-state index contributed by atoms with van der Waals surface area (Å²) in [4.78, 5) is 0. The molecule has 0 unspecified atom stereocenters. The van der Waals surface area contributed by atoms with E-state index in [4.69, 9.17) is 0 Å². The van der Waals surface area contributed by atoms with Crippen molar-refractivity contribution in [1.29, 1.82) is 0 Å². The standard InChI is InChI=1S/C9H17NO/c1-7(2)10-8-3-5-9(11)6-4-8/h8-11H,1,3-6H2,2H3. The van der Waals surface area contributed by atoms with Crippen LogP contribution < -0.4 is 5.32 Å². The number of hydrogen-bond acceptors (Lipinski definition) is 2. The Kier molecular flexibility index (Phi) is 2.94. The Bertz CT molecular complexity index is 136. The highest BCUT2D eigenvalue weighted by Crippen LogP contribution is 2.18. The first-order valence-electron chi connectivity index (χ1n) is 4.28. The minimum atomic E-state index is -0.0572. The normalized spacial score (nSPS) is 31.5. The lowest BCUT2D eigenvalue weighted by atomic mass is 9.93. The number of nitrogens with one attached hydrogen (secondary N) is 1. The zero-order valence-corrected chi connectivity index (χ0v) is 7.14. The molecule has 1 fully saturated rings. The van der Waals surface area contributed by atoms with Gasteiger partial charge in [0.2, 0.25) is 0 Å². The van der Waals surface area contributed by atoms with Gasteiger partial charge in [-0.25, -0.2) is 0 Å². The molecule has 1 saturated carbocycles. The number of hydrogen-bond donors (Lipinski definition) is 2. The van der Waals surface area contributed by atoms with E-state index in [1.54, 1.807) is 0 Å². The fraction of sp³-hybridized carbons (Fsp3) is 0.778. The molecule has 0 radical (unpaired) electrons. The van der Waals surface area contributed by atoms with Crippen LogP contribution in [0.5, 0.6) is 0 Å². The lowest BCUT2D eigenvalue weighted by Gasteiger charge is -2.26. The molecule has 64 valence electrons. The van der Waals surface area contributed by atoms with Crippen LogP contribution in [0.4, 0.5) is 0 Å². The maximum Gasteiger partial charge on any atom is 0.0541 e. The third-order valence-corrected chi connectivity index (χ3v) is 2.15. The Morgan fingerprint density at radius 1 is 1.36 bits per heavy atom. The lowest BCUT2D eigenvalue weighted by Crippen LogP contribution is -2.33. The van der Waals surface area contributed by atoms with E-state index in [1.165, 1.54) is 0 Å². The molecule has 0 aromatic carbocycles. The first-order chi connectivity index (χ1) is 5.18.